The molecule has 1 aliphatic rings. The summed E-state index contributed by atoms with van der Waals surface area (Å²) < 4.78 is 1.74. The van der Waals surface area contributed by atoms with Crippen molar-refractivity contribution in [2.45, 2.75) is 75.9 Å². The molecule has 2 rings (SSSR count). The van der Waals surface area contributed by atoms with Gasteiger partial charge in [0.1, 0.15) is 5.69 Å². The van der Waals surface area contributed by atoms with Crippen LogP contribution >= 0.6 is 9.24 Å². The molecule has 1 heterocycles. The van der Waals surface area contributed by atoms with E-state index in [1.807, 2.05) is 0 Å². The predicted octanol–water partition coefficient (Wildman–Crippen LogP) is 4.28. The second-order valence-corrected chi connectivity index (χ2v) is 8.01. The summed E-state index contributed by atoms with van der Waals surface area (Å²) in [6.07, 6.45) is 12.2. The molecule has 0 saturated heterocycles. The lowest BCUT2D eigenvalue weighted by molar-refractivity contribution is 0.0678. The molecule has 3 atom stereocenters. The molecule has 1 fully saturated rings. The van der Waals surface area contributed by atoms with Gasteiger partial charge in [-0.1, -0.05) is 39.0 Å². The molecule has 0 aliphatic heterocycles. The zero-order chi connectivity index (χ0) is 15.3. The van der Waals surface area contributed by atoms with Crippen LogP contribution in [0.25, 0.3) is 0 Å². The van der Waals surface area contributed by atoms with Gasteiger partial charge in [0, 0.05) is 6.20 Å². The minimum Gasteiger partial charge on any atom is -0.477 e. The fraction of sp³-hybridized carbons (Fsp3) is 0.750. The highest BCUT2D eigenvalue weighted by Crippen LogP contribution is 2.34. The Morgan fingerprint density at radius 1 is 1.29 bits per heavy atom. The average Bonchev–Trinajstić information content (AvgIpc) is 2.88. The number of hydrogen-bond donors (Lipinski definition) is 1. The third-order valence-electron chi connectivity index (χ3n) is 4.56. The van der Waals surface area contributed by atoms with Gasteiger partial charge in [-0.25, -0.2) is 4.79 Å². The average molecular weight is 310 g/mol. The van der Waals surface area contributed by atoms with Crippen LogP contribution in [0.3, 0.4) is 0 Å². The number of carboxylic acid groups (broad SMARTS) is 1. The number of carboxylic acids is 1. The van der Waals surface area contributed by atoms with E-state index in [0.29, 0.717) is 10.9 Å². The smallest absolute Gasteiger partial charge is 0.354 e. The number of carbonyl (C=O) groups is 1. The van der Waals surface area contributed by atoms with E-state index < -0.39 is 5.97 Å². The highest BCUT2D eigenvalue weighted by Gasteiger charge is 2.22. The molecule has 1 N–H and O–H groups in total. The highest BCUT2D eigenvalue weighted by molar-refractivity contribution is 7.18. The summed E-state index contributed by atoms with van der Waals surface area (Å²) in [7, 11) is 3.02. The SMILES string of the molecule is CC1(P)CCCCCCC(n2nccc2C(=O)O)CCC1. The standard InChI is InChI=1S/C16H27N2O2P/c1-16(21)10-5-3-2-4-7-13(8-6-11-16)18-14(15(19)20)9-12-17-18/h9,12-13H,2-8,10-11,21H2,1H3,(H,19,20). The van der Waals surface area contributed by atoms with Crippen molar-refractivity contribution < 1.29 is 9.90 Å². The van der Waals surface area contributed by atoms with Crippen LogP contribution in [0.1, 0.15) is 81.2 Å². The molecule has 0 aromatic carbocycles. The number of aromatic carboxylic acids is 1. The fourth-order valence-electron chi connectivity index (χ4n) is 3.29. The molecule has 0 radical (unpaired) electrons. The van der Waals surface area contributed by atoms with E-state index in [4.69, 9.17) is 0 Å². The van der Waals surface area contributed by atoms with Gasteiger partial charge in [0.05, 0.1) is 6.04 Å². The molecule has 1 aromatic heterocycles. The summed E-state index contributed by atoms with van der Waals surface area (Å²) in [5.41, 5.74) is 0.323. The van der Waals surface area contributed by atoms with E-state index in [-0.39, 0.29) is 6.04 Å². The Balaban J connectivity index is 2.09. The van der Waals surface area contributed by atoms with Crippen LogP contribution in [0.15, 0.2) is 12.3 Å². The van der Waals surface area contributed by atoms with Crippen molar-refractivity contribution in [2.24, 2.45) is 0 Å². The second kappa shape index (κ2) is 7.40. The van der Waals surface area contributed by atoms with E-state index in [0.717, 1.165) is 25.7 Å². The zero-order valence-corrected chi connectivity index (χ0v) is 14.1. The van der Waals surface area contributed by atoms with Gasteiger partial charge in [0.15, 0.2) is 0 Å². The monoisotopic (exact) mass is 310 g/mol. The van der Waals surface area contributed by atoms with E-state index in [1.54, 1.807) is 16.9 Å². The molecule has 5 heteroatoms. The van der Waals surface area contributed by atoms with Crippen molar-refractivity contribution in [1.82, 2.24) is 9.78 Å². The third kappa shape index (κ3) is 4.81. The Bertz CT molecular complexity index is 471. The van der Waals surface area contributed by atoms with Gasteiger partial charge in [-0.3, -0.25) is 4.68 Å². The van der Waals surface area contributed by atoms with Crippen LogP contribution in [0.4, 0.5) is 0 Å². The van der Waals surface area contributed by atoms with E-state index >= 15 is 0 Å². The summed E-state index contributed by atoms with van der Waals surface area (Å²) in [6, 6.07) is 1.83. The summed E-state index contributed by atoms with van der Waals surface area (Å²) in [5.74, 6) is -0.877. The Morgan fingerprint density at radius 2 is 1.95 bits per heavy atom. The molecule has 1 aliphatic carbocycles. The van der Waals surface area contributed by atoms with E-state index in [9.17, 15) is 9.90 Å². The van der Waals surface area contributed by atoms with Gasteiger partial charge in [0.25, 0.3) is 0 Å². The number of hydrogen-bond acceptors (Lipinski definition) is 2. The fourth-order valence-corrected chi connectivity index (χ4v) is 3.70. The Hall–Kier alpha value is -0.890. The minimum absolute atomic E-state index is 0.227. The number of rotatable bonds is 2. The van der Waals surface area contributed by atoms with Gasteiger partial charge in [-0.15, -0.1) is 9.24 Å². The van der Waals surface area contributed by atoms with Gasteiger partial charge in [-0.2, -0.15) is 5.10 Å². The van der Waals surface area contributed by atoms with Crippen LogP contribution in [-0.4, -0.2) is 26.0 Å². The highest BCUT2D eigenvalue weighted by atomic mass is 31.0. The summed E-state index contributed by atoms with van der Waals surface area (Å²) in [6.45, 7) is 2.32. The van der Waals surface area contributed by atoms with Crippen LogP contribution in [-0.2, 0) is 0 Å². The summed E-state index contributed by atoms with van der Waals surface area (Å²) >= 11 is 0. The maximum atomic E-state index is 11.3. The molecule has 0 bridgehead atoms. The van der Waals surface area contributed by atoms with Crippen LogP contribution in [0.5, 0.6) is 0 Å². The molecule has 0 spiro atoms. The van der Waals surface area contributed by atoms with Gasteiger partial charge in [0.2, 0.25) is 0 Å². The van der Waals surface area contributed by atoms with Crippen molar-refractivity contribution in [3.8, 4) is 0 Å². The van der Waals surface area contributed by atoms with Crippen molar-refractivity contribution in [3.05, 3.63) is 18.0 Å². The van der Waals surface area contributed by atoms with Crippen LogP contribution in [0, 0.1) is 0 Å². The number of nitrogens with zero attached hydrogens (tertiary/aromatic N) is 2. The largest absolute Gasteiger partial charge is 0.477 e. The molecule has 21 heavy (non-hydrogen) atoms. The molecule has 1 aromatic rings. The lowest BCUT2D eigenvalue weighted by atomic mass is 9.95. The maximum absolute atomic E-state index is 11.3. The second-order valence-electron chi connectivity index (χ2n) is 6.62. The first-order valence-corrected chi connectivity index (χ1v) is 8.63. The summed E-state index contributed by atoms with van der Waals surface area (Å²) in [5, 5.41) is 13.9. The van der Waals surface area contributed by atoms with Crippen molar-refractivity contribution in [1.29, 1.82) is 0 Å². The molecular weight excluding hydrogens is 283 g/mol. The molecule has 118 valence electrons. The van der Waals surface area contributed by atoms with Crippen LogP contribution < -0.4 is 0 Å². The Kier molecular flexibility index (Phi) is 5.80. The molecular formula is C16H27N2O2P. The number of aromatic nitrogens is 2. The van der Waals surface area contributed by atoms with Gasteiger partial charge < -0.3 is 5.11 Å². The lowest BCUT2D eigenvalue weighted by Crippen LogP contribution is -2.19. The van der Waals surface area contributed by atoms with Crippen molar-refractivity contribution in [3.63, 3.8) is 0 Å². The van der Waals surface area contributed by atoms with Crippen molar-refractivity contribution >= 4 is 15.2 Å². The molecule has 3 unspecified atom stereocenters. The van der Waals surface area contributed by atoms with E-state index in [1.165, 1.54) is 32.1 Å². The Labute approximate surface area is 129 Å². The van der Waals surface area contributed by atoms with E-state index in [2.05, 4.69) is 21.3 Å². The molecule has 0 amide bonds. The Morgan fingerprint density at radius 3 is 2.71 bits per heavy atom. The van der Waals surface area contributed by atoms with Gasteiger partial charge >= 0.3 is 5.97 Å². The first-order chi connectivity index (χ1) is 9.99. The normalized spacial score (nSPS) is 28.8. The summed E-state index contributed by atoms with van der Waals surface area (Å²) in [4.78, 5) is 11.3. The quantitative estimate of drug-likeness (QED) is 0.829. The zero-order valence-electron chi connectivity index (χ0n) is 12.9. The van der Waals surface area contributed by atoms with Crippen LogP contribution in [0.2, 0.25) is 0 Å². The lowest BCUT2D eigenvalue weighted by Gasteiger charge is -2.25. The molecule has 4 nitrogen and oxygen atoms in total. The first-order valence-electron chi connectivity index (χ1n) is 8.05. The minimum atomic E-state index is -0.877. The third-order valence-corrected chi connectivity index (χ3v) is 5.13. The maximum Gasteiger partial charge on any atom is 0.354 e. The predicted molar refractivity (Wildman–Crippen MR) is 87.9 cm³/mol. The topological polar surface area (TPSA) is 55.1 Å². The van der Waals surface area contributed by atoms with Crippen molar-refractivity contribution in [2.75, 3.05) is 0 Å². The van der Waals surface area contributed by atoms with Gasteiger partial charge in [-0.05, 0) is 36.9 Å². The first kappa shape index (κ1) is 16.5. The molecule has 1 saturated carbocycles.